The van der Waals surface area contributed by atoms with Gasteiger partial charge < -0.3 is 10.4 Å². The van der Waals surface area contributed by atoms with Crippen molar-refractivity contribution in [2.24, 2.45) is 0 Å². The van der Waals surface area contributed by atoms with Crippen LogP contribution in [0.25, 0.3) is 5.69 Å². The number of benzene rings is 4. The summed E-state index contributed by atoms with van der Waals surface area (Å²) in [6, 6.07) is 32.5. The van der Waals surface area contributed by atoms with Crippen molar-refractivity contribution in [3.8, 4) is 11.4 Å². The number of halogens is 2. The Hall–Kier alpha value is -3.78. The van der Waals surface area contributed by atoms with E-state index >= 15 is 0 Å². The third-order valence-corrected chi connectivity index (χ3v) is 8.56. The Kier molecular flexibility index (Phi) is 10.8. The third-order valence-electron chi connectivity index (χ3n) is 7.09. The number of phenolic OH excluding ortho intramolecular Hbond substituents is 1. The highest BCUT2D eigenvalue weighted by Crippen LogP contribution is 2.33. The fraction of sp³-hybridized carbons (Fsp3) is 0.206. The molecule has 1 heterocycles. The number of rotatable bonds is 13. The minimum Gasteiger partial charge on any atom is -0.507 e. The Morgan fingerprint density at radius 2 is 1.56 bits per heavy atom. The molecule has 5 rings (SSSR count). The Morgan fingerprint density at radius 1 is 0.837 bits per heavy atom. The second-order valence-electron chi connectivity index (χ2n) is 10.2. The third kappa shape index (κ3) is 8.41. The summed E-state index contributed by atoms with van der Waals surface area (Å²) < 4.78 is 2.12. The van der Waals surface area contributed by atoms with Crippen molar-refractivity contribution in [1.29, 1.82) is 0 Å². The number of carbonyl (C=O) groups excluding carboxylic acids is 1. The largest absolute Gasteiger partial charge is 0.507 e. The zero-order valence-corrected chi connectivity index (χ0v) is 25.8. The topological polar surface area (TPSA) is 80.0 Å². The second kappa shape index (κ2) is 15.1. The molecule has 0 fully saturated rings. The Bertz CT molecular complexity index is 1660. The molecule has 43 heavy (non-hydrogen) atoms. The summed E-state index contributed by atoms with van der Waals surface area (Å²) in [4.78, 5) is 12.5. The molecular weight excluding hydrogens is 599 g/mol. The number of unbranched alkanes of at least 4 members (excludes halogenated alkanes) is 1. The molecule has 0 aliphatic heterocycles. The first-order valence-corrected chi connectivity index (χ1v) is 15.9. The highest BCUT2D eigenvalue weighted by Gasteiger charge is 2.23. The number of phenols is 1. The van der Waals surface area contributed by atoms with Gasteiger partial charge in [0.15, 0.2) is 5.16 Å². The summed E-state index contributed by atoms with van der Waals surface area (Å²) in [6.07, 6.45) is 3.29. The molecule has 0 aliphatic carbocycles. The fourth-order valence-corrected chi connectivity index (χ4v) is 6.27. The van der Waals surface area contributed by atoms with Crippen LogP contribution < -0.4 is 5.32 Å². The van der Waals surface area contributed by atoms with Gasteiger partial charge in [-0.25, -0.2) is 0 Å². The molecule has 5 aromatic rings. The molecule has 0 saturated heterocycles. The van der Waals surface area contributed by atoms with E-state index < -0.39 is 0 Å². The van der Waals surface area contributed by atoms with Crippen molar-refractivity contribution in [3.63, 3.8) is 0 Å². The molecule has 1 aromatic heterocycles. The number of para-hydroxylation sites is 1. The standard InChI is InChI=1S/C34H32Cl2N4O2S/c35-27-14-8-12-25(21-27)23-43-34-39-38-32(40(34)29-16-9-15-28(36)22-29)26(20-24-10-2-1-3-11-24)13-6-7-19-37-33(42)30-17-4-5-18-31(30)41/h1-5,8-12,14-18,21-22,26,41H,6-7,13,19-20,23H2,(H,37,42). The van der Waals surface area contributed by atoms with Crippen LogP contribution in [0.5, 0.6) is 5.75 Å². The Morgan fingerprint density at radius 3 is 2.33 bits per heavy atom. The summed E-state index contributed by atoms with van der Waals surface area (Å²) in [5.74, 6) is 1.34. The predicted octanol–water partition coefficient (Wildman–Crippen LogP) is 8.50. The van der Waals surface area contributed by atoms with E-state index in [2.05, 4.69) is 45.3 Å². The van der Waals surface area contributed by atoms with Crippen LogP contribution >= 0.6 is 35.0 Å². The Labute approximate surface area is 266 Å². The first-order valence-electron chi connectivity index (χ1n) is 14.2. The molecule has 1 unspecified atom stereocenters. The molecule has 1 amide bonds. The number of nitrogens with one attached hydrogen (secondary N) is 1. The average Bonchev–Trinajstić information content (AvgIpc) is 3.44. The van der Waals surface area contributed by atoms with E-state index in [0.29, 0.717) is 22.3 Å². The Balaban J connectivity index is 1.36. The lowest BCUT2D eigenvalue weighted by molar-refractivity contribution is 0.0950. The monoisotopic (exact) mass is 630 g/mol. The van der Waals surface area contributed by atoms with E-state index in [4.69, 9.17) is 28.3 Å². The van der Waals surface area contributed by atoms with Gasteiger partial charge in [0.2, 0.25) is 0 Å². The minimum absolute atomic E-state index is 0.0210. The number of hydrogen-bond acceptors (Lipinski definition) is 5. The van der Waals surface area contributed by atoms with E-state index in [1.807, 2.05) is 48.5 Å². The molecule has 1 atom stereocenters. The maximum atomic E-state index is 12.5. The zero-order chi connectivity index (χ0) is 30.0. The van der Waals surface area contributed by atoms with Gasteiger partial charge in [-0.2, -0.15) is 0 Å². The van der Waals surface area contributed by atoms with Crippen LogP contribution in [0.1, 0.15) is 52.5 Å². The lowest BCUT2D eigenvalue weighted by Gasteiger charge is -2.19. The van der Waals surface area contributed by atoms with Crippen LogP contribution in [0.2, 0.25) is 10.0 Å². The first kappa shape index (κ1) is 30.7. The quantitative estimate of drug-likeness (QED) is 0.101. The molecule has 0 aliphatic rings. The van der Waals surface area contributed by atoms with Crippen molar-refractivity contribution in [2.75, 3.05) is 6.54 Å². The molecule has 0 radical (unpaired) electrons. The van der Waals surface area contributed by atoms with Gasteiger partial charge in [0, 0.05) is 28.3 Å². The summed E-state index contributed by atoms with van der Waals surface area (Å²) in [5.41, 5.74) is 3.51. The molecule has 0 saturated carbocycles. The van der Waals surface area contributed by atoms with Gasteiger partial charge in [-0.1, -0.05) is 102 Å². The van der Waals surface area contributed by atoms with E-state index in [-0.39, 0.29) is 23.1 Å². The smallest absolute Gasteiger partial charge is 0.255 e. The van der Waals surface area contributed by atoms with Crippen LogP contribution in [0.4, 0.5) is 0 Å². The van der Waals surface area contributed by atoms with Crippen LogP contribution in [0, 0.1) is 0 Å². The molecule has 6 nitrogen and oxygen atoms in total. The number of carbonyl (C=O) groups is 1. The van der Waals surface area contributed by atoms with Gasteiger partial charge in [-0.15, -0.1) is 10.2 Å². The molecule has 0 spiro atoms. The van der Waals surface area contributed by atoms with Crippen molar-refractivity contribution < 1.29 is 9.90 Å². The molecule has 9 heteroatoms. The summed E-state index contributed by atoms with van der Waals surface area (Å²) in [7, 11) is 0. The van der Waals surface area contributed by atoms with Crippen molar-refractivity contribution in [3.05, 3.63) is 136 Å². The van der Waals surface area contributed by atoms with E-state index in [1.165, 1.54) is 11.6 Å². The predicted molar refractivity (Wildman–Crippen MR) is 175 cm³/mol. The van der Waals surface area contributed by atoms with Crippen LogP contribution in [-0.4, -0.2) is 32.3 Å². The lowest BCUT2D eigenvalue weighted by Crippen LogP contribution is -2.24. The van der Waals surface area contributed by atoms with Crippen molar-refractivity contribution in [1.82, 2.24) is 20.1 Å². The van der Waals surface area contributed by atoms with Gasteiger partial charge in [0.25, 0.3) is 5.91 Å². The fourth-order valence-electron chi connectivity index (χ4n) is 4.97. The van der Waals surface area contributed by atoms with Crippen LogP contribution in [0.3, 0.4) is 0 Å². The molecule has 220 valence electrons. The van der Waals surface area contributed by atoms with E-state index in [9.17, 15) is 9.90 Å². The highest BCUT2D eigenvalue weighted by atomic mass is 35.5. The molecule has 4 aromatic carbocycles. The number of aromatic hydroxyl groups is 1. The van der Waals surface area contributed by atoms with Crippen LogP contribution in [0.15, 0.2) is 108 Å². The zero-order valence-electron chi connectivity index (χ0n) is 23.5. The van der Waals surface area contributed by atoms with Gasteiger partial charge in [-0.3, -0.25) is 9.36 Å². The molecule has 2 N–H and O–H groups in total. The number of nitrogens with zero attached hydrogens (tertiary/aromatic N) is 3. The summed E-state index contributed by atoms with van der Waals surface area (Å²) in [5, 5.41) is 24.4. The minimum atomic E-state index is -0.277. The van der Waals surface area contributed by atoms with Gasteiger partial charge in [0.1, 0.15) is 11.6 Å². The maximum Gasteiger partial charge on any atom is 0.255 e. The summed E-state index contributed by atoms with van der Waals surface area (Å²) in [6.45, 7) is 0.507. The average molecular weight is 632 g/mol. The molecular formula is C34H32Cl2N4O2S. The molecule has 0 bridgehead atoms. The number of aromatic nitrogens is 3. The van der Waals surface area contributed by atoms with Gasteiger partial charge in [0.05, 0.1) is 11.3 Å². The van der Waals surface area contributed by atoms with E-state index in [1.54, 1.807) is 30.0 Å². The van der Waals surface area contributed by atoms with E-state index in [0.717, 1.165) is 47.9 Å². The normalized spacial score (nSPS) is 11.8. The second-order valence-corrected chi connectivity index (χ2v) is 12.0. The SMILES string of the molecule is O=C(NCCCCC(Cc1ccccc1)c1nnc(SCc2cccc(Cl)c2)n1-c1cccc(Cl)c1)c1ccccc1O. The number of amides is 1. The van der Waals surface area contributed by atoms with Crippen molar-refractivity contribution in [2.45, 2.75) is 42.5 Å². The number of hydrogen-bond donors (Lipinski definition) is 2. The highest BCUT2D eigenvalue weighted by molar-refractivity contribution is 7.98. The van der Waals surface area contributed by atoms with Crippen LogP contribution in [-0.2, 0) is 12.2 Å². The lowest BCUT2D eigenvalue weighted by atomic mass is 9.93. The summed E-state index contributed by atoms with van der Waals surface area (Å²) >= 11 is 14.3. The number of thioether (sulfide) groups is 1. The van der Waals surface area contributed by atoms with Gasteiger partial charge >= 0.3 is 0 Å². The van der Waals surface area contributed by atoms with Crippen molar-refractivity contribution >= 4 is 40.9 Å². The first-order chi connectivity index (χ1) is 21.0. The van der Waals surface area contributed by atoms with Gasteiger partial charge in [-0.05, 0) is 72.9 Å². The maximum absolute atomic E-state index is 12.5.